The monoisotopic (exact) mass is 236 g/mol. The van der Waals surface area contributed by atoms with E-state index in [1.807, 2.05) is 24.3 Å². The molecule has 0 bridgehead atoms. The number of hydrogen-bond acceptors (Lipinski definition) is 3. The average Bonchev–Trinajstić information content (AvgIpc) is 2.37. The fourth-order valence-electron chi connectivity index (χ4n) is 1.33. The van der Waals surface area contributed by atoms with Crippen LogP contribution in [0.5, 0.6) is 5.75 Å². The maximum atomic E-state index is 11.0. The Morgan fingerprint density at radius 1 is 1.41 bits per heavy atom. The van der Waals surface area contributed by atoms with Gasteiger partial charge in [-0.25, -0.2) is 0 Å². The summed E-state index contributed by atoms with van der Waals surface area (Å²) in [5.74, 6) is 0.574. The number of carbonyl (C=O) groups excluding carboxylic acids is 1. The maximum absolute atomic E-state index is 11.0. The second kappa shape index (κ2) is 7.54. The van der Waals surface area contributed by atoms with Crippen molar-refractivity contribution in [1.29, 1.82) is 0 Å². The summed E-state index contributed by atoms with van der Waals surface area (Å²) in [7, 11) is 1.59. The summed E-state index contributed by atoms with van der Waals surface area (Å²) in [5.41, 5.74) is 1.02. The quantitative estimate of drug-likeness (QED) is 0.712. The molecular formula is C13H20N2O2. The van der Waals surface area contributed by atoms with Gasteiger partial charge < -0.3 is 15.4 Å². The predicted molar refractivity (Wildman–Crippen MR) is 69.4 cm³/mol. The van der Waals surface area contributed by atoms with Crippen molar-refractivity contribution < 1.29 is 9.53 Å². The zero-order valence-corrected chi connectivity index (χ0v) is 10.5. The molecule has 1 aromatic rings. The lowest BCUT2D eigenvalue weighted by molar-refractivity contribution is -0.122. The largest absolute Gasteiger partial charge is 0.484 e. The zero-order valence-electron chi connectivity index (χ0n) is 10.5. The van der Waals surface area contributed by atoms with E-state index >= 15 is 0 Å². The summed E-state index contributed by atoms with van der Waals surface area (Å²) in [6, 6.07) is 7.64. The number of carbonyl (C=O) groups is 1. The SMILES string of the molecule is CCCCNc1cccc(OCC(=O)NC)c1. The van der Waals surface area contributed by atoms with Gasteiger partial charge in [0.15, 0.2) is 6.61 Å². The van der Waals surface area contributed by atoms with Gasteiger partial charge in [-0.15, -0.1) is 0 Å². The number of ether oxygens (including phenoxy) is 1. The molecule has 1 aromatic carbocycles. The third kappa shape index (κ3) is 5.24. The molecule has 0 radical (unpaired) electrons. The molecule has 0 aliphatic rings. The third-order valence-electron chi connectivity index (χ3n) is 2.34. The lowest BCUT2D eigenvalue weighted by Gasteiger charge is -2.09. The first-order valence-corrected chi connectivity index (χ1v) is 5.93. The van der Waals surface area contributed by atoms with Crippen LogP contribution in [-0.2, 0) is 4.79 Å². The van der Waals surface area contributed by atoms with E-state index in [4.69, 9.17) is 4.74 Å². The van der Waals surface area contributed by atoms with Crippen molar-refractivity contribution in [3.8, 4) is 5.75 Å². The molecule has 4 nitrogen and oxygen atoms in total. The molecule has 0 atom stereocenters. The molecule has 0 aliphatic heterocycles. The van der Waals surface area contributed by atoms with Gasteiger partial charge in [0.1, 0.15) is 5.75 Å². The number of unbranched alkanes of at least 4 members (excludes halogenated alkanes) is 1. The van der Waals surface area contributed by atoms with Crippen LogP contribution in [0, 0.1) is 0 Å². The van der Waals surface area contributed by atoms with E-state index in [-0.39, 0.29) is 12.5 Å². The number of rotatable bonds is 7. The van der Waals surface area contributed by atoms with Crippen LogP contribution in [-0.4, -0.2) is 26.1 Å². The van der Waals surface area contributed by atoms with Crippen molar-refractivity contribution in [2.75, 3.05) is 25.5 Å². The van der Waals surface area contributed by atoms with E-state index in [0.717, 1.165) is 18.7 Å². The molecule has 17 heavy (non-hydrogen) atoms. The Morgan fingerprint density at radius 3 is 2.94 bits per heavy atom. The van der Waals surface area contributed by atoms with Crippen LogP contribution in [0.3, 0.4) is 0 Å². The van der Waals surface area contributed by atoms with Crippen LogP contribution in [0.1, 0.15) is 19.8 Å². The number of likely N-dealkylation sites (N-methyl/N-ethyl adjacent to an activating group) is 1. The third-order valence-corrected chi connectivity index (χ3v) is 2.34. The van der Waals surface area contributed by atoms with Crippen LogP contribution >= 0.6 is 0 Å². The fraction of sp³-hybridized carbons (Fsp3) is 0.462. The highest BCUT2D eigenvalue weighted by Crippen LogP contribution is 2.17. The Kier molecular flexibility index (Phi) is 5.93. The Hall–Kier alpha value is -1.71. The van der Waals surface area contributed by atoms with E-state index in [0.29, 0.717) is 5.75 Å². The molecule has 1 rings (SSSR count). The van der Waals surface area contributed by atoms with Crippen molar-refractivity contribution in [3.05, 3.63) is 24.3 Å². The Morgan fingerprint density at radius 2 is 2.24 bits per heavy atom. The highest BCUT2D eigenvalue weighted by Gasteiger charge is 2.00. The van der Waals surface area contributed by atoms with E-state index in [9.17, 15) is 4.79 Å². The van der Waals surface area contributed by atoms with Crippen LogP contribution in [0.25, 0.3) is 0 Å². The molecule has 0 saturated carbocycles. The molecule has 0 aromatic heterocycles. The van der Waals surface area contributed by atoms with Crippen LogP contribution in [0.15, 0.2) is 24.3 Å². The van der Waals surface area contributed by atoms with Gasteiger partial charge in [0, 0.05) is 25.3 Å². The molecule has 0 aliphatic carbocycles. The molecule has 94 valence electrons. The van der Waals surface area contributed by atoms with E-state index in [1.165, 1.54) is 6.42 Å². The van der Waals surface area contributed by atoms with Gasteiger partial charge >= 0.3 is 0 Å². The lowest BCUT2D eigenvalue weighted by Crippen LogP contribution is -2.24. The van der Waals surface area contributed by atoms with Gasteiger partial charge in [-0.2, -0.15) is 0 Å². The van der Waals surface area contributed by atoms with Gasteiger partial charge in [0.2, 0.25) is 0 Å². The van der Waals surface area contributed by atoms with Crippen LogP contribution in [0.2, 0.25) is 0 Å². The first-order valence-electron chi connectivity index (χ1n) is 5.93. The molecular weight excluding hydrogens is 216 g/mol. The smallest absolute Gasteiger partial charge is 0.257 e. The number of nitrogens with one attached hydrogen (secondary N) is 2. The predicted octanol–water partition coefficient (Wildman–Crippen LogP) is 2.02. The minimum absolute atomic E-state index is 0.0505. The summed E-state index contributed by atoms with van der Waals surface area (Å²) in [6.45, 7) is 3.16. The summed E-state index contributed by atoms with van der Waals surface area (Å²) < 4.78 is 5.35. The normalized spacial score (nSPS) is 9.76. The van der Waals surface area contributed by atoms with Gasteiger partial charge in [-0.1, -0.05) is 19.4 Å². The minimum atomic E-state index is -0.130. The van der Waals surface area contributed by atoms with Gasteiger partial charge in [-0.05, 0) is 18.6 Å². The Balaban J connectivity index is 2.44. The molecule has 1 amide bonds. The number of hydrogen-bond donors (Lipinski definition) is 2. The maximum Gasteiger partial charge on any atom is 0.257 e. The number of benzene rings is 1. The minimum Gasteiger partial charge on any atom is -0.484 e. The summed E-state index contributed by atoms with van der Waals surface area (Å²) in [5, 5.41) is 5.82. The second-order valence-corrected chi connectivity index (χ2v) is 3.77. The van der Waals surface area contributed by atoms with Crippen LogP contribution < -0.4 is 15.4 Å². The van der Waals surface area contributed by atoms with Crippen LogP contribution in [0.4, 0.5) is 5.69 Å². The molecule has 0 unspecified atom stereocenters. The van der Waals surface area contributed by atoms with Crippen molar-refractivity contribution in [2.24, 2.45) is 0 Å². The average molecular weight is 236 g/mol. The first kappa shape index (κ1) is 13.4. The molecule has 0 spiro atoms. The second-order valence-electron chi connectivity index (χ2n) is 3.77. The topological polar surface area (TPSA) is 50.4 Å². The highest BCUT2D eigenvalue weighted by atomic mass is 16.5. The van der Waals surface area contributed by atoms with Gasteiger partial charge in [0.25, 0.3) is 5.91 Å². The number of amides is 1. The van der Waals surface area contributed by atoms with E-state index in [2.05, 4.69) is 17.6 Å². The number of anilines is 1. The fourth-order valence-corrected chi connectivity index (χ4v) is 1.33. The molecule has 0 heterocycles. The Labute approximate surface area is 102 Å². The van der Waals surface area contributed by atoms with Crippen molar-refractivity contribution in [3.63, 3.8) is 0 Å². The van der Waals surface area contributed by atoms with E-state index in [1.54, 1.807) is 7.05 Å². The standard InChI is InChI=1S/C13H20N2O2/c1-3-4-8-15-11-6-5-7-12(9-11)17-10-13(16)14-2/h5-7,9,15H,3-4,8,10H2,1-2H3,(H,14,16). The zero-order chi connectivity index (χ0) is 12.5. The van der Waals surface area contributed by atoms with E-state index < -0.39 is 0 Å². The molecule has 0 fully saturated rings. The van der Waals surface area contributed by atoms with Crippen molar-refractivity contribution in [1.82, 2.24) is 5.32 Å². The molecule has 4 heteroatoms. The Bertz CT molecular complexity index is 353. The summed E-state index contributed by atoms with van der Waals surface area (Å²) >= 11 is 0. The van der Waals surface area contributed by atoms with Crippen molar-refractivity contribution in [2.45, 2.75) is 19.8 Å². The van der Waals surface area contributed by atoms with Gasteiger partial charge in [0.05, 0.1) is 0 Å². The summed E-state index contributed by atoms with van der Waals surface area (Å²) in [6.07, 6.45) is 2.31. The van der Waals surface area contributed by atoms with Crippen molar-refractivity contribution >= 4 is 11.6 Å². The molecule has 2 N–H and O–H groups in total. The molecule has 0 saturated heterocycles. The lowest BCUT2D eigenvalue weighted by atomic mass is 10.3. The highest BCUT2D eigenvalue weighted by molar-refractivity contribution is 5.77. The first-order chi connectivity index (χ1) is 8.26. The van der Waals surface area contributed by atoms with Gasteiger partial charge in [-0.3, -0.25) is 4.79 Å². The summed E-state index contributed by atoms with van der Waals surface area (Å²) in [4.78, 5) is 11.0.